The van der Waals surface area contributed by atoms with Crippen molar-refractivity contribution in [2.45, 2.75) is 51.7 Å². The van der Waals surface area contributed by atoms with Crippen LogP contribution in [0.5, 0.6) is 5.75 Å². The van der Waals surface area contributed by atoms with E-state index in [1.54, 1.807) is 0 Å². The molecule has 0 aromatic heterocycles. The Morgan fingerprint density at radius 1 is 1.37 bits per heavy atom. The minimum absolute atomic E-state index is 0.275. The second kappa shape index (κ2) is 7.34. The number of para-hydroxylation sites is 1. The van der Waals surface area contributed by atoms with Crippen molar-refractivity contribution < 1.29 is 4.74 Å². The molecule has 1 N–H and O–H groups in total. The number of benzene rings is 1. The molecule has 1 unspecified atom stereocenters. The number of ether oxygens (including phenoxy) is 1. The molecular weight excluding hydrogens is 234 g/mol. The van der Waals surface area contributed by atoms with Gasteiger partial charge in [-0.2, -0.15) is 0 Å². The molecule has 1 aromatic carbocycles. The lowest BCUT2D eigenvalue weighted by Gasteiger charge is -2.20. The molecule has 0 saturated heterocycles. The minimum atomic E-state index is 0.275. The number of hydrogen-bond donors (Lipinski definition) is 1. The van der Waals surface area contributed by atoms with Crippen LogP contribution in [0.1, 0.15) is 45.1 Å². The van der Waals surface area contributed by atoms with Gasteiger partial charge in [0.25, 0.3) is 0 Å². The van der Waals surface area contributed by atoms with E-state index in [0.29, 0.717) is 0 Å². The summed E-state index contributed by atoms with van der Waals surface area (Å²) in [4.78, 5) is 0. The van der Waals surface area contributed by atoms with Crippen LogP contribution >= 0.6 is 0 Å². The first kappa shape index (κ1) is 14.1. The van der Waals surface area contributed by atoms with Crippen LogP contribution in [0.4, 0.5) is 0 Å². The normalized spacial score (nSPS) is 16.7. The van der Waals surface area contributed by atoms with Crippen molar-refractivity contribution in [3.8, 4) is 5.75 Å². The highest BCUT2D eigenvalue weighted by Gasteiger charge is 2.22. The fourth-order valence-electron chi connectivity index (χ4n) is 2.19. The molecule has 104 valence electrons. The van der Waals surface area contributed by atoms with Crippen LogP contribution in [-0.4, -0.2) is 18.7 Å². The highest BCUT2D eigenvalue weighted by molar-refractivity contribution is 5.56. The van der Waals surface area contributed by atoms with Gasteiger partial charge in [-0.3, -0.25) is 0 Å². The summed E-state index contributed by atoms with van der Waals surface area (Å²) < 4.78 is 6.20. The maximum Gasteiger partial charge on any atom is 0.126 e. The van der Waals surface area contributed by atoms with Crippen LogP contribution in [0, 0.1) is 0 Å². The molecule has 19 heavy (non-hydrogen) atoms. The second-order valence-corrected chi connectivity index (χ2v) is 5.25. The first-order valence-corrected chi connectivity index (χ1v) is 7.45. The standard InChI is InChI=1S/C17H25NO/c1-3-7-14-9-5-6-10-17(14)19-16(8-4-2)13-18-15-11-12-15/h3,5-7,9-10,15-16,18H,4,8,11-13H2,1-2H3/b7-3+. The smallest absolute Gasteiger partial charge is 0.126 e. The van der Waals surface area contributed by atoms with Crippen molar-refractivity contribution in [2.24, 2.45) is 0 Å². The summed E-state index contributed by atoms with van der Waals surface area (Å²) in [5, 5.41) is 3.57. The van der Waals surface area contributed by atoms with Crippen molar-refractivity contribution in [1.29, 1.82) is 0 Å². The van der Waals surface area contributed by atoms with E-state index in [-0.39, 0.29) is 6.10 Å². The molecule has 0 radical (unpaired) electrons. The molecule has 0 aliphatic heterocycles. The summed E-state index contributed by atoms with van der Waals surface area (Å²) in [6.45, 7) is 5.21. The van der Waals surface area contributed by atoms with E-state index in [4.69, 9.17) is 4.74 Å². The predicted octanol–water partition coefficient (Wildman–Crippen LogP) is 4.02. The van der Waals surface area contributed by atoms with Gasteiger partial charge in [0.05, 0.1) is 0 Å². The Morgan fingerprint density at radius 2 is 2.16 bits per heavy atom. The Bertz CT molecular complexity index is 409. The monoisotopic (exact) mass is 259 g/mol. The molecule has 1 saturated carbocycles. The molecule has 1 fully saturated rings. The Kier molecular flexibility index (Phi) is 5.46. The third-order valence-corrected chi connectivity index (χ3v) is 3.38. The van der Waals surface area contributed by atoms with Crippen molar-refractivity contribution >= 4 is 6.08 Å². The summed E-state index contributed by atoms with van der Waals surface area (Å²) in [7, 11) is 0. The Hall–Kier alpha value is -1.28. The van der Waals surface area contributed by atoms with Gasteiger partial charge in [0.1, 0.15) is 11.9 Å². The lowest BCUT2D eigenvalue weighted by molar-refractivity contribution is 0.185. The zero-order valence-corrected chi connectivity index (χ0v) is 12.1. The average Bonchev–Trinajstić information content (AvgIpc) is 3.23. The van der Waals surface area contributed by atoms with Crippen LogP contribution in [0.15, 0.2) is 30.3 Å². The van der Waals surface area contributed by atoms with Gasteiger partial charge in [-0.1, -0.05) is 43.7 Å². The van der Waals surface area contributed by atoms with Crippen molar-refractivity contribution in [1.82, 2.24) is 5.32 Å². The lowest BCUT2D eigenvalue weighted by Crippen LogP contribution is -2.32. The molecule has 2 rings (SSSR count). The molecule has 1 aliphatic carbocycles. The molecule has 0 bridgehead atoms. The molecular formula is C17H25NO. The average molecular weight is 259 g/mol. The fraction of sp³-hybridized carbons (Fsp3) is 0.529. The molecule has 1 atom stereocenters. The van der Waals surface area contributed by atoms with Gasteiger partial charge < -0.3 is 10.1 Å². The fourth-order valence-corrected chi connectivity index (χ4v) is 2.19. The Labute approximate surface area is 116 Å². The van der Waals surface area contributed by atoms with Crippen LogP contribution < -0.4 is 10.1 Å². The quantitative estimate of drug-likeness (QED) is 0.761. The van der Waals surface area contributed by atoms with Gasteiger partial charge in [0, 0.05) is 18.2 Å². The summed E-state index contributed by atoms with van der Waals surface area (Å²) in [5.74, 6) is 0.997. The van der Waals surface area contributed by atoms with E-state index in [0.717, 1.165) is 36.7 Å². The number of hydrogen-bond acceptors (Lipinski definition) is 2. The maximum atomic E-state index is 6.20. The highest BCUT2D eigenvalue weighted by atomic mass is 16.5. The van der Waals surface area contributed by atoms with Crippen molar-refractivity contribution in [3.05, 3.63) is 35.9 Å². The van der Waals surface area contributed by atoms with Gasteiger partial charge in [-0.15, -0.1) is 0 Å². The summed E-state index contributed by atoms with van der Waals surface area (Å²) in [6.07, 6.45) is 9.35. The molecule has 0 amide bonds. The molecule has 2 heteroatoms. The van der Waals surface area contributed by atoms with Crippen LogP contribution in [0.3, 0.4) is 0 Å². The number of rotatable bonds is 8. The van der Waals surface area contributed by atoms with E-state index in [1.807, 2.05) is 13.0 Å². The van der Waals surface area contributed by atoms with Crippen molar-refractivity contribution in [3.63, 3.8) is 0 Å². The van der Waals surface area contributed by atoms with Gasteiger partial charge in [0.2, 0.25) is 0 Å². The highest BCUT2D eigenvalue weighted by Crippen LogP contribution is 2.23. The lowest BCUT2D eigenvalue weighted by atomic mass is 10.1. The maximum absolute atomic E-state index is 6.20. The zero-order chi connectivity index (χ0) is 13.5. The van der Waals surface area contributed by atoms with E-state index in [9.17, 15) is 0 Å². The van der Waals surface area contributed by atoms with Crippen LogP contribution in [0.2, 0.25) is 0 Å². The van der Waals surface area contributed by atoms with Gasteiger partial charge >= 0.3 is 0 Å². The zero-order valence-electron chi connectivity index (χ0n) is 12.1. The summed E-state index contributed by atoms with van der Waals surface area (Å²) >= 11 is 0. The number of allylic oxidation sites excluding steroid dienone is 1. The molecule has 1 aromatic rings. The summed E-state index contributed by atoms with van der Waals surface area (Å²) in [6, 6.07) is 9.01. The van der Waals surface area contributed by atoms with E-state index in [1.165, 1.54) is 12.8 Å². The second-order valence-electron chi connectivity index (χ2n) is 5.25. The third kappa shape index (κ3) is 4.71. The Balaban J connectivity index is 1.97. The minimum Gasteiger partial charge on any atom is -0.488 e. The van der Waals surface area contributed by atoms with Gasteiger partial charge in [-0.05, 0) is 32.3 Å². The SMILES string of the molecule is C/C=C/c1ccccc1OC(CCC)CNC1CC1. The first-order valence-electron chi connectivity index (χ1n) is 7.45. The topological polar surface area (TPSA) is 21.3 Å². The predicted molar refractivity (Wildman–Crippen MR) is 81.5 cm³/mol. The Morgan fingerprint density at radius 3 is 2.84 bits per heavy atom. The molecule has 1 aliphatic rings. The molecule has 0 spiro atoms. The summed E-state index contributed by atoms with van der Waals surface area (Å²) in [5.41, 5.74) is 1.16. The largest absolute Gasteiger partial charge is 0.488 e. The van der Waals surface area contributed by atoms with Gasteiger partial charge in [-0.25, -0.2) is 0 Å². The van der Waals surface area contributed by atoms with E-state index in [2.05, 4.69) is 42.6 Å². The van der Waals surface area contributed by atoms with Crippen LogP contribution in [-0.2, 0) is 0 Å². The van der Waals surface area contributed by atoms with Gasteiger partial charge in [0.15, 0.2) is 0 Å². The first-order chi connectivity index (χ1) is 9.33. The van der Waals surface area contributed by atoms with Crippen LogP contribution in [0.25, 0.3) is 6.08 Å². The van der Waals surface area contributed by atoms with E-state index >= 15 is 0 Å². The molecule has 2 nitrogen and oxygen atoms in total. The molecule has 0 heterocycles. The third-order valence-electron chi connectivity index (χ3n) is 3.38. The van der Waals surface area contributed by atoms with Crippen molar-refractivity contribution in [2.75, 3.05) is 6.54 Å². The van der Waals surface area contributed by atoms with E-state index < -0.39 is 0 Å². The number of nitrogens with one attached hydrogen (secondary N) is 1.